The summed E-state index contributed by atoms with van der Waals surface area (Å²) in [5.41, 5.74) is 5.40. The van der Waals surface area contributed by atoms with Gasteiger partial charge in [-0.05, 0) is 23.6 Å². The van der Waals surface area contributed by atoms with Gasteiger partial charge in [-0.1, -0.05) is 24.3 Å². The number of fused-ring (bicyclic) bond motifs is 2. The number of halogens is 1. The molecule has 0 radical (unpaired) electrons. The molecule has 0 unspecified atom stereocenters. The monoisotopic (exact) mass is 346 g/mol. The molecule has 2 aromatic rings. The fourth-order valence-corrected chi connectivity index (χ4v) is 3.45. The Kier molecular flexibility index (Phi) is 5.17. The van der Waals surface area contributed by atoms with Crippen LogP contribution in [0.5, 0.6) is 11.5 Å². The lowest BCUT2D eigenvalue weighted by molar-refractivity contribution is 0.220. The normalized spacial score (nSPS) is 16.0. The van der Waals surface area contributed by atoms with Gasteiger partial charge in [0, 0.05) is 43.5 Å². The molecule has 128 valence electrons. The van der Waals surface area contributed by atoms with Crippen LogP contribution in [0, 0.1) is 0 Å². The minimum absolute atomic E-state index is 0. The fraction of sp³-hybridized carbons (Fsp3) is 0.368. The second-order valence-electron chi connectivity index (χ2n) is 6.16. The summed E-state index contributed by atoms with van der Waals surface area (Å²) in [6.45, 7) is 4.55. The van der Waals surface area contributed by atoms with Crippen molar-refractivity contribution in [3.63, 3.8) is 0 Å². The zero-order valence-electron chi connectivity index (χ0n) is 13.9. The standard InChI is InChI=1S/C19H22N2O2.ClH/c1-22-17-6-5-15-12-21(9-10-23-18(15)11-17)13-16-4-2-3-14-7-8-20-19(14)16;/h2-6,11,20H,7-10,12-13H2,1H3;1H. The van der Waals surface area contributed by atoms with Crippen LogP contribution in [0.3, 0.4) is 0 Å². The molecule has 0 aromatic heterocycles. The summed E-state index contributed by atoms with van der Waals surface area (Å²) >= 11 is 0. The molecule has 0 aliphatic carbocycles. The van der Waals surface area contributed by atoms with Gasteiger partial charge >= 0.3 is 0 Å². The summed E-state index contributed by atoms with van der Waals surface area (Å²) in [5.74, 6) is 1.80. The third-order valence-electron chi connectivity index (χ3n) is 4.66. The maximum absolute atomic E-state index is 5.91. The Bertz CT molecular complexity index is 721. The Hall–Kier alpha value is -1.91. The average molecular weight is 347 g/mol. The van der Waals surface area contributed by atoms with Crippen molar-refractivity contribution < 1.29 is 9.47 Å². The highest BCUT2D eigenvalue weighted by molar-refractivity contribution is 5.85. The highest BCUT2D eigenvalue weighted by atomic mass is 35.5. The van der Waals surface area contributed by atoms with Gasteiger partial charge < -0.3 is 14.8 Å². The molecule has 2 aliphatic rings. The lowest BCUT2D eigenvalue weighted by Crippen LogP contribution is -2.25. The van der Waals surface area contributed by atoms with E-state index < -0.39 is 0 Å². The lowest BCUT2D eigenvalue weighted by Gasteiger charge is -2.21. The van der Waals surface area contributed by atoms with Gasteiger partial charge in [-0.25, -0.2) is 0 Å². The number of anilines is 1. The van der Waals surface area contributed by atoms with Crippen molar-refractivity contribution in [2.45, 2.75) is 19.5 Å². The molecule has 0 amide bonds. The van der Waals surface area contributed by atoms with Crippen molar-refractivity contribution in [2.75, 3.05) is 32.1 Å². The van der Waals surface area contributed by atoms with Gasteiger partial charge in [0.2, 0.25) is 0 Å². The van der Waals surface area contributed by atoms with E-state index in [0.29, 0.717) is 6.61 Å². The number of hydrogen-bond donors (Lipinski definition) is 1. The van der Waals surface area contributed by atoms with Gasteiger partial charge in [0.15, 0.2) is 0 Å². The molecule has 2 aliphatic heterocycles. The molecule has 0 spiro atoms. The van der Waals surface area contributed by atoms with E-state index in [-0.39, 0.29) is 12.4 Å². The Morgan fingerprint density at radius 1 is 1.21 bits per heavy atom. The van der Waals surface area contributed by atoms with Gasteiger partial charge in [0.05, 0.1) is 7.11 Å². The minimum Gasteiger partial charge on any atom is -0.497 e. The predicted molar refractivity (Wildman–Crippen MR) is 98.5 cm³/mol. The van der Waals surface area contributed by atoms with Crippen LogP contribution in [0.15, 0.2) is 36.4 Å². The van der Waals surface area contributed by atoms with Crippen molar-refractivity contribution >= 4 is 18.1 Å². The van der Waals surface area contributed by atoms with Crippen molar-refractivity contribution in [3.8, 4) is 11.5 Å². The third kappa shape index (κ3) is 3.30. The molecule has 0 atom stereocenters. The van der Waals surface area contributed by atoms with Crippen LogP contribution in [0.1, 0.15) is 16.7 Å². The summed E-state index contributed by atoms with van der Waals surface area (Å²) in [7, 11) is 1.69. The van der Waals surface area contributed by atoms with Crippen LogP contribution >= 0.6 is 12.4 Å². The quantitative estimate of drug-likeness (QED) is 0.922. The van der Waals surface area contributed by atoms with E-state index in [2.05, 4.69) is 34.5 Å². The first-order valence-corrected chi connectivity index (χ1v) is 8.20. The van der Waals surface area contributed by atoms with E-state index in [1.807, 2.05) is 12.1 Å². The number of hydrogen-bond acceptors (Lipinski definition) is 4. The second-order valence-corrected chi connectivity index (χ2v) is 6.16. The maximum Gasteiger partial charge on any atom is 0.127 e. The van der Waals surface area contributed by atoms with Gasteiger partial charge in [0.1, 0.15) is 18.1 Å². The van der Waals surface area contributed by atoms with Crippen molar-refractivity contribution in [1.29, 1.82) is 0 Å². The van der Waals surface area contributed by atoms with Crippen LogP contribution < -0.4 is 14.8 Å². The third-order valence-corrected chi connectivity index (χ3v) is 4.66. The summed E-state index contributed by atoms with van der Waals surface area (Å²) in [6, 6.07) is 12.7. The smallest absolute Gasteiger partial charge is 0.127 e. The number of benzene rings is 2. The Morgan fingerprint density at radius 3 is 3.00 bits per heavy atom. The molecule has 0 fully saturated rings. The Morgan fingerprint density at radius 2 is 2.12 bits per heavy atom. The van der Waals surface area contributed by atoms with E-state index in [4.69, 9.17) is 9.47 Å². The van der Waals surface area contributed by atoms with Crippen LogP contribution in [-0.2, 0) is 19.5 Å². The first-order valence-electron chi connectivity index (χ1n) is 8.20. The molecule has 1 N–H and O–H groups in total. The SMILES string of the molecule is COc1ccc2c(c1)OCCN(Cc1cccc3c1NCC3)C2.Cl. The first kappa shape index (κ1) is 16.9. The lowest BCUT2D eigenvalue weighted by atomic mass is 10.1. The van der Waals surface area contributed by atoms with Gasteiger partial charge in [-0.3, -0.25) is 4.90 Å². The second kappa shape index (κ2) is 7.32. The molecule has 24 heavy (non-hydrogen) atoms. The number of methoxy groups -OCH3 is 1. The van der Waals surface area contributed by atoms with Crippen LogP contribution in [0.4, 0.5) is 5.69 Å². The van der Waals surface area contributed by atoms with Crippen LogP contribution in [0.25, 0.3) is 0 Å². The Labute approximate surface area is 149 Å². The van der Waals surface area contributed by atoms with Crippen LogP contribution in [0.2, 0.25) is 0 Å². The van der Waals surface area contributed by atoms with E-state index >= 15 is 0 Å². The van der Waals surface area contributed by atoms with E-state index in [1.165, 1.54) is 22.4 Å². The molecule has 4 nitrogen and oxygen atoms in total. The van der Waals surface area contributed by atoms with Gasteiger partial charge in [0.25, 0.3) is 0 Å². The fourth-order valence-electron chi connectivity index (χ4n) is 3.45. The molecule has 5 heteroatoms. The summed E-state index contributed by atoms with van der Waals surface area (Å²) in [5, 5.41) is 3.53. The number of nitrogens with one attached hydrogen (secondary N) is 1. The molecule has 0 bridgehead atoms. The van der Waals surface area contributed by atoms with Crippen LogP contribution in [-0.4, -0.2) is 31.7 Å². The molecular formula is C19H23ClN2O2. The molecule has 2 heterocycles. The number of ether oxygens (including phenoxy) is 2. The largest absolute Gasteiger partial charge is 0.497 e. The zero-order chi connectivity index (χ0) is 15.6. The summed E-state index contributed by atoms with van der Waals surface area (Å²) < 4.78 is 11.2. The number of rotatable bonds is 3. The van der Waals surface area contributed by atoms with Crippen molar-refractivity contribution in [1.82, 2.24) is 4.90 Å². The van der Waals surface area contributed by atoms with Gasteiger partial charge in [-0.2, -0.15) is 0 Å². The van der Waals surface area contributed by atoms with Crippen molar-refractivity contribution in [3.05, 3.63) is 53.1 Å². The molecule has 2 aromatic carbocycles. The number of para-hydroxylation sites is 1. The Balaban J connectivity index is 0.00000169. The molecule has 4 rings (SSSR count). The first-order chi connectivity index (χ1) is 11.3. The summed E-state index contributed by atoms with van der Waals surface area (Å²) in [4.78, 5) is 2.45. The highest BCUT2D eigenvalue weighted by Crippen LogP contribution is 2.31. The average Bonchev–Trinajstić information content (AvgIpc) is 2.97. The van der Waals surface area contributed by atoms with E-state index in [0.717, 1.165) is 44.1 Å². The molecule has 0 saturated carbocycles. The van der Waals surface area contributed by atoms with Gasteiger partial charge in [-0.15, -0.1) is 12.4 Å². The molecular weight excluding hydrogens is 324 g/mol. The topological polar surface area (TPSA) is 33.7 Å². The predicted octanol–water partition coefficient (Wildman–Crippen LogP) is 3.48. The minimum atomic E-state index is 0. The number of nitrogens with zero attached hydrogens (tertiary/aromatic N) is 1. The maximum atomic E-state index is 5.91. The summed E-state index contributed by atoms with van der Waals surface area (Å²) in [6.07, 6.45) is 1.13. The van der Waals surface area contributed by atoms with E-state index in [9.17, 15) is 0 Å². The molecule has 0 saturated heterocycles. The van der Waals surface area contributed by atoms with Crippen molar-refractivity contribution in [2.24, 2.45) is 0 Å². The van der Waals surface area contributed by atoms with E-state index in [1.54, 1.807) is 7.11 Å². The highest BCUT2D eigenvalue weighted by Gasteiger charge is 2.19. The zero-order valence-corrected chi connectivity index (χ0v) is 14.7.